The van der Waals surface area contributed by atoms with Crippen LogP contribution in [0.25, 0.3) is 0 Å². The van der Waals surface area contributed by atoms with E-state index in [0.717, 1.165) is 22.6 Å². The highest BCUT2D eigenvalue weighted by molar-refractivity contribution is 5.41. The van der Waals surface area contributed by atoms with Crippen molar-refractivity contribution in [2.45, 2.75) is 32.9 Å². The van der Waals surface area contributed by atoms with E-state index in [1.54, 1.807) is 6.26 Å². The van der Waals surface area contributed by atoms with Crippen molar-refractivity contribution in [2.75, 3.05) is 0 Å². The van der Waals surface area contributed by atoms with Crippen molar-refractivity contribution < 1.29 is 9.15 Å². The summed E-state index contributed by atoms with van der Waals surface area (Å²) in [4.78, 5) is 0. The molecule has 0 bridgehead atoms. The summed E-state index contributed by atoms with van der Waals surface area (Å²) in [5, 5.41) is 0. The van der Waals surface area contributed by atoms with E-state index in [9.17, 15) is 0 Å². The molecule has 1 aromatic carbocycles. The molecule has 0 aliphatic carbocycles. The molecule has 0 fully saturated rings. The maximum absolute atomic E-state index is 5.83. The van der Waals surface area contributed by atoms with Gasteiger partial charge in [-0.05, 0) is 38.5 Å². The molecule has 0 aliphatic rings. The summed E-state index contributed by atoms with van der Waals surface area (Å²) in [6.07, 6.45) is 1.78. The number of rotatable bonds is 5. The van der Waals surface area contributed by atoms with Gasteiger partial charge in [0, 0.05) is 5.56 Å². The van der Waals surface area contributed by atoms with Crippen LogP contribution in [0.15, 0.2) is 41.0 Å². The highest BCUT2D eigenvalue weighted by atomic mass is 16.5. The molecule has 19 heavy (non-hydrogen) atoms. The van der Waals surface area contributed by atoms with Crippen LogP contribution in [0.3, 0.4) is 0 Å². The van der Waals surface area contributed by atoms with E-state index in [1.165, 1.54) is 0 Å². The molecule has 4 nitrogen and oxygen atoms in total. The van der Waals surface area contributed by atoms with Gasteiger partial charge in [0.2, 0.25) is 0 Å². The van der Waals surface area contributed by atoms with Crippen molar-refractivity contribution in [1.29, 1.82) is 0 Å². The summed E-state index contributed by atoms with van der Waals surface area (Å²) >= 11 is 0. The average Bonchev–Trinajstić information content (AvgIpc) is 2.78. The molecule has 4 heteroatoms. The van der Waals surface area contributed by atoms with E-state index in [-0.39, 0.29) is 12.1 Å². The molecule has 3 N–H and O–H groups in total. The van der Waals surface area contributed by atoms with Gasteiger partial charge in [-0.15, -0.1) is 0 Å². The SMILES string of the molecule is Cc1ccoc1C(NN)c1ccccc1OC(C)C. The Balaban J connectivity index is 2.41. The fourth-order valence-electron chi connectivity index (χ4n) is 2.07. The summed E-state index contributed by atoms with van der Waals surface area (Å²) in [6.45, 7) is 5.99. The maximum Gasteiger partial charge on any atom is 0.129 e. The fourth-order valence-corrected chi connectivity index (χ4v) is 2.07. The van der Waals surface area contributed by atoms with Gasteiger partial charge in [0.15, 0.2) is 0 Å². The van der Waals surface area contributed by atoms with Gasteiger partial charge in [-0.1, -0.05) is 18.2 Å². The van der Waals surface area contributed by atoms with Crippen LogP contribution in [0.5, 0.6) is 5.75 Å². The van der Waals surface area contributed by atoms with Crippen molar-refractivity contribution in [3.63, 3.8) is 0 Å². The summed E-state index contributed by atoms with van der Waals surface area (Å²) in [6, 6.07) is 9.55. The van der Waals surface area contributed by atoms with Crippen LogP contribution in [0.2, 0.25) is 0 Å². The van der Waals surface area contributed by atoms with Crippen LogP contribution in [-0.4, -0.2) is 6.10 Å². The van der Waals surface area contributed by atoms with Crippen LogP contribution < -0.4 is 16.0 Å². The Labute approximate surface area is 113 Å². The first kappa shape index (κ1) is 13.6. The number of benzene rings is 1. The lowest BCUT2D eigenvalue weighted by Crippen LogP contribution is -2.29. The normalized spacial score (nSPS) is 12.7. The minimum absolute atomic E-state index is 0.109. The van der Waals surface area contributed by atoms with Crippen LogP contribution in [-0.2, 0) is 0 Å². The van der Waals surface area contributed by atoms with E-state index in [0.29, 0.717) is 0 Å². The minimum atomic E-state index is -0.218. The number of hydrazine groups is 1. The van der Waals surface area contributed by atoms with Gasteiger partial charge in [-0.25, -0.2) is 5.43 Å². The second kappa shape index (κ2) is 5.91. The highest BCUT2D eigenvalue weighted by Crippen LogP contribution is 2.31. The predicted octanol–water partition coefficient (Wildman–Crippen LogP) is 2.93. The van der Waals surface area contributed by atoms with Gasteiger partial charge < -0.3 is 9.15 Å². The number of hydrogen-bond donors (Lipinski definition) is 2. The molecular formula is C15H20N2O2. The number of nitrogens with one attached hydrogen (secondary N) is 1. The average molecular weight is 260 g/mol. The van der Waals surface area contributed by atoms with Gasteiger partial charge in [0.1, 0.15) is 17.6 Å². The first-order valence-corrected chi connectivity index (χ1v) is 6.39. The fraction of sp³-hybridized carbons (Fsp3) is 0.333. The lowest BCUT2D eigenvalue weighted by molar-refractivity contribution is 0.237. The Morgan fingerprint density at radius 1 is 1.21 bits per heavy atom. The molecule has 1 heterocycles. The lowest BCUT2D eigenvalue weighted by atomic mass is 10.0. The molecule has 1 unspecified atom stereocenters. The maximum atomic E-state index is 5.83. The number of aryl methyl sites for hydroxylation is 1. The summed E-state index contributed by atoms with van der Waals surface area (Å²) in [7, 11) is 0. The third kappa shape index (κ3) is 2.97. The molecule has 0 saturated heterocycles. The van der Waals surface area contributed by atoms with Gasteiger partial charge in [0.05, 0.1) is 12.4 Å². The molecule has 2 aromatic rings. The molecule has 0 amide bonds. The van der Waals surface area contributed by atoms with Crippen molar-refractivity contribution >= 4 is 0 Å². The standard InChI is InChI=1S/C15H20N2O2/c1-10(2)19-13-7-5-4-6-12(13)14(17-16)15-11(3)8-9-18-15/h4-10,14,17H,16H2,1-3H3. The highest BCUT2D eigenvalue weighted by Gasteiger charge is 2.21. The van der Waals surface area contributed by atoms with E-state index in [1.807, 2.05) is 51.1 Å². The number of ether oxygens (including phenoxy) is 1. The van der Waals surface area contributed by atoms with E-state index in [2.05, 4.69) is 5.43 Å². The Hall–Kier alpha value is -1.78. The molecule has 1 aromatic heterocycles. The Bertz CT molecular complexity index is 534. The largest absolute Gasteiger partial charge is 0.491 e. The van der Waals surface area contributed by atoms with Crippen molar-refractivity contribution in [3.8, 4) is 5.75 Å². The zero-order valence-corrected chi connectivity index (χ0v) is 11.5. The molecule has 0 aliphatic heterocycles. The van der Waals surface area contributed by atoms with Gasteiger partial charge in [-0.3, -0.25) is 5.84 Å². The van der Waals surface area contributed by atoms with Crippen molar-refractivity contribution in [3.05, 3.63) is 53.5 Å². The van der Waals surface area contributed by atoms with E-state index in [4.69, 9.17) is 15.0 Å². The van der Waals surface area contributed by atoms with Crippen LogP contribution in [0.4, 0.5) is 0 Å². The quantitative estimate of drug-likeness (QED) is 0.641. The molecule has 2 rings (SSSR count). The molecule has 0 saturated carbocycles. The van der Waals surface area contributed by atoms with E-state index < -0.39 is 0 Å². The molecule has 102 valence electrons. The molecule has 0 radical (unpaired) electrons. The topological polar surface area (TPSA) is 60.4 Å². The summed E-state index contributed by atoms with van der Waals surface area (Å²) in [5.41, 5.74) is 4.83. The van der Waals surface area contributed by atoms with Gasteiger partial charge in [0.25, 0.3) is 0 Å². The lowest BCUT2D eigenvalue weighted by Gasteiger charge is -2.20. The third-order valence-corrected chi connectivity index (χ3v) is 2.92. The van der Waals surface area contributed by atoms with Gasteiger partial charge in [-0.2, -0.15) is 0 Å². The number of nitrogens with two attached hydrogens (primary N) is 1. The molecular weight excluding hydrogens is 240 g/mol. The van der Waals surface area contributed by atoms with Crippen molar-refractivity contribution in [2.24, 2.45) is 5.84 Å². The minimum Gasteiger partial charge on any atom is -0.491 e. The molecule has 0 spiro atoms. The zero-order chi connectivity index (χ0) is 13.8. The second-order valence-corrected chi connectivity index (χ2v) is 4.77. The van der Waals surface area contributed by atoms with Crippen LogP contribution in [0, 0.1) is 6.92 Å². The smallest absolute Gasteiger partial charge is 0.129 e. The predicted molar refractivity (Wildman–Crippen MR) is 74.8 cm³/mol. The first-order chi connectivity index (χ1) is 9.13. The Morgan fingerprint density at radius 2 is 1.95 bits per heavy atom. The van der Waals surface area contributed by atoms with E-state index >= 15 is 0 Å². The van der Waals surface area contributed by atoms with Crippen molar-refractivity contribution in [1.82, 2.24) is 5.43 Å². The Kier molecular flexibility index (Phi) is 4.24. The number of furan rings is 1. The molecule has 1 atom stereocenters. The monoisotopic (exact) mass is 260 g/mol. The second-order valence-electron chi connectivity index (χ2n) is 4.77. The number of para-hydroxylation sites is 1. The summed E-state index contributed by atoms with van der Waals surface area (Å²) in [5.74, 6) is 7.32. The third-order valence-electron chi connectivity index (χ3n) is 2.92. The Morgan fingerprint density at radius 3 is 2.53 bits per heavy atom. The zero-order valence-electron chi connectivity index (χ0n) is 11.5. The summed E-state index contributed by atoms with van der Waals surface area (Å²) < 4.78 is 11.4. The first-order valence-electron chi connectivity index (χ1n) is 6.39. The van der Waals surface area contributed by atoms with Gasteiger partial charge >= 0.3 is 0 Å². The van der Waals surface area contributed by atoms with Crippen LogP contribution >= 0.6 is 0 Å². The van der Waals surface area contributed by atoms with Crippen LogP contribution in [0.1, 0.15) is 36.8 Å². The number of hydrogen-bond acceptors (Lipinski definition) is 4.